The van der Waals surface area contributed by atoms with Gasteiger partial charge >= 0.3 is 0 Å². The van der Waals surface area contributed by atoms with Crippen LogP contribution in [0.15, 0.2) is 79.3 Å². The fourth-order valence-electron chi connectivity index (χ4n) is 3.64. The molecule has 2 aromatic carbocycles. The molecule has 1 aliphatic heterocycles. The molecule has 0 saturated carbocycles. The number of nitrogens with zero attached hydrogens (tertiary/aromatic N) is 3. The van der Waals surface area contributed by atoms with Crippen molar-refractivity contribution in [1.82, 2.24) is 14.9 Å². The fourth-order valence-corrected chi connectivity index (χ4v) is 3.64. The first-order chi connectivity index (χ1) is 12.8. The van der Waals surface area contributed by atoms with Crippen molar-refractivity contribution in [2.75, 3.05) is 13.1 Å². The predicted molar refractivity (Wildman–Crippen MR) is 102 cm³/mol. The second kappa shape index (κ2) is 7.67. The van der Waals surface area contributed by atoms with E-state index in [4.69, 9.17) is 4.74 Å². The van der Waals surface area contributed by atoms with Crippen molar-refractivity contribution in [2.24, 2.45) is 0 Å². The smallest absolute Gasteiger partial charge is 0.233 e. The Morgan fingerprint density at radius 1 is 0.885 bits per heavy atom. The van der Waals surface area contributed by atoms with Gasteiger partial charge in [0.05, 0.1) is 6.20 Å². The van der Waals surface area contributed by atoms with E-state index < -0.39 is 0 Å². The third-order valence-electron chi connectivity index (χ3n) is 5.05. The van der Waals surface area contributed by atoms with E-state index in [0.717, 1.165) is 32.5 Å². The Labute approximate surface area is 154 Å². The molecule has 1 aromatic heterocycles. The second-order valence-electron chi connectivity index (χ2n) is 6.77. The normalized spacial score (nSPS) is 16.9. The van der Waals surface area contributed by atoms with E-state index in [1.165, 1.54) is 11.1 Å². The van der Waals surface area contributed by atoms with Gasteiger partial charge < -0.3 is 4.74 Å². The van der Waals surface area contributed by atoms with Crippen LogP contribution in [0.5, 0.6) is 5.88 Å². The van der Waals surface area contributed by atoms with Crippen molar-refractivity contribution >= 4 is 0 Å². The molecule has 0 radical (unpaired) electrons. The average Bonchev–Trinajstić information content (AvgIpc) is 2.72. The topological polar surface area (TPSA) is 38.2 Å². The Morgan fingerprint density at radius 2 is 1.58 bits per heavy atom. The highest BCUT2D eigenvalue weighted by Gasteiger charge is 2.38. The minimum absolute atomic E-state index is 0.343. The average molecular weight is 345 g/mol. The molecule has 26 heavy (non-hydrogen) atoms. The van der Waals surface area contributed by atoms with Crippen molar-refractivity contribution in [3.05, 3.63) is 90.4 Å². The van der Waals surface area contributed by atoms with Gasteiger partial charge in [-0.05, 0) is 11.1 Å². The first-order valence-electron chi connectivity index (χ1n) is 9.11. The summed E-state index contributed by atoms with van der Waals surface area (Å²) >= 11 is 0. The van der Waals surface area contributed by atoms with Crippen molar-refractivity contribution in [2.45, 2.75) is 25.0 Å². The lowest BCUT2D eigenvalue weighted by atomic mass is 9.84. The van der Waals surface area contributed by atoms with Crippen LogP contribution in [0.3, 0.4) is 0 Å². The number of rotatable bonds is 5. The van der Waals surface area contributed by atoms with Gasteiger partial charge in [0.1, 0.15) is 5.60 Å². The highest BCUT2D eigenvalue weighted by atomic mass is 16.5. The minimum atomic E-state index is -0.343. The van der Waals surface area contributed by atoms with E-state index >= 15 is 0 Å². The van der Waals surface area contributed by atoms with Crippen LogP contribution in [0, 0.1) is 0 Å². The van der Waals surface area contributed by atoms with Gasteiger partial charge in [0.15, 0.2) is 0 Å². The maximum absolute atomic E-state index is 6.43. The Kier molecular flexibility index (Phi) is 4.93. The molecule has 4 rings (SSSR count). The van der Waals surface area contributed by atoms with Gasteiger partial charge in [0.25, 0.3) is 0 Å². The fraction of sp³-hybridized carbons (Fsp3) is 0.273. The van der Waals surface area contributed by atoms with Crippen molar-refractivity contribution in [1.29, 1.82) is 0 Å². The number of piperidine rings is 1. The highest BCUT2D eigenvalue weighted by molar-refractivity contribution is 5.26. The van der Waals surface area contributed by atoms with Gasteiger partial charge in [-0.15, -0.1) is 0 Å². The quantitative estimate of drug-likeness (QED) is 0.699. The highest BCUT2D eigenvalue weighted by Crippen LogP contribution is 2.37. The van der Waals surface area contributed by atoms with Crippen LogP contribution < -0.4 is 4.74 Å². The molecule has 2 heterocycles. The number of aromatic nitrogens is 2. The summed E-state index contributed by atoms with van der Waals surface area (Å²) in [5.74, 6) is 0.591. The minimum Gasteiger partial charge on any atom is -0.465 e. The first kappa shape index (κ1) is 16.7. The van der Waals surface area contributed by atoms with Gasteiger partial charge in [0, 0.05) is 44.9 Å². The molecule has 0 atom stereocenters. The van der Waals surface area contributed by atoms with E-state index in [0.29, 0.717) is 5.88 Å². The molecule has 3 aromatic rings. The van der Waals surface area contributed by atoms with E-state index in [1.54, 1.807) is 18.6 Å². The summed E-state index contributed by atoms with van der Waals surface area (Å²) in [4.78, 5) is 11.0. The molecular weight excluding hydrogens is 322 g/mol. The second-order valence-corrected chi connectivity index (χ2v) is 6.77. The van der Waals surface area contributed by atoms with Crippen molar-refractivity contribution in [3.63, 3.8) is 0 Å². The van der Waals surface area contributed by atoms with E-state index in [-0.39, 0.29) is 5.60 Å². The molecular formula is C22H23N3O. The number of hydrogen-bond donors (Lipinski definition) is 0. The number of ether oxygens (including phenoxy) is 1. The molecule has 0 aliphatic carbocycles. The maximum atomic E-state index is 6.43. The van der Waals surface area contributed by atoms with E-state index in [1.807, 2.05) is 6.07 Å². The molecule has 0 amide bonds. The monoisotopic (exact) mass is 345 g/mol. The molecule has 1 fully saturated rings. The Balaban J connectivity index is 1.52. The first-order valence-corrected chi connectivity index (χ1v) is 9.11. The third kappa shape index (κ3) is 3.75. The zero-order valence-corrected chi connectivity index (χ0v) is 14.8. The van der Waals surface area contributed by atoms with Crippen molar-refractivity contribution in [3.8, 4) is 5.88 Å². The number of hydrogen-bond acceptors (Lipinski definition) is 4. The Morgan fingerprint density at radius 3 is 2.23 bits per heavy atom. The molecule has 4 heteroatoms. The summed E-state index contributed by atoms with van der Waals surface area (Å²) in [6.07, 6.45) is 6.91. The predicted octanol–water partition coefficient (Wildman–Crippen LogP) is 4.05. The van der Waals surface area contributed by atoms with Crippen LogP contribution >= 0.6 is 0 Å². The Hall–Kier alpha value is -2.72. The van der Waals surface area contributed by atoms with Gasteiger partial charge in [-0.1, -0.05) is 60.7 Å². The van der Waals surface area contributed by atoms with Crippen LogP contribution in [0.4, 0.5) is 0 Å². The number of likely N-dealkylation sites (tertiary alicyclic amines) is 1. The SMILES string of the molecule is c1ccc(CN2CCC(Oc3cnccn3)(c3ccccc3)CC2)cc1. The molecule has 1 aliphatic rings. The van der Waals surface area contributed by atoms with Crippen molar-refractivity contribution < 1.29 is 4.74 Å². The largest absolute Gasteiger partial charge is 0.465 e. The molecule has 0 unspecified atom stereocenters. The molecule has 1 saturated heterocycles. The molecule has 132 valence electrons. The summed E-state index contributed by atoms with van der Waals surface area (Å²) in [5, 5.41) is 0. The molecule has 0 bridgehead atoms. The standard InChI is InChI=1S/C22H23N3O/c1-3-7-19(8-4-1)18-25-15-11-22(12-16-25,20-9-5-2-6-10-20)26-21-17-23-13-14-24-21/h1-10,13-14,17H,11-12,15-16,18H2. The third-order valence-corrected chi connectivity index (χ3v) is 5.05. The summed E-state index contributed by atoms with van der Waals surface area (Å²) < 4.78 is 6.43. The lowest BCUT2D eigenvalue weighted by Crippen LogP contribution is -2.45. The van der Waals surface area contributed by atoms with Crippen LogP contribution in [-0.2, 0) is 12.1 Å². The van der Waals surface area contributed by atoms with Crippen LogP contribution in [0.25, 0.3) is 0 Å². The molecule has 0 spiro atoms. The van der Waals surface area contributed by atoms with E-state index in [2.05, 4.69) is 69.5 Å². The van der Waals surface area contributed by atoms with Gasteiger partial charge in [-0.2, -0.15) is 0 Å². The van der Waals surface area contributed by atoms with Crippen LogP contribution in [0.1, 0.15) is 24.0 Å². The summed E-state index contributed by atoms with van der Waals surface area (Å²) in [6.45, 7) is 2.96. The summed E-state index contributed by atoms with van der Waals surface area (Å²) in [7, 11) is 0. The lowest BCUT2D eigenvalue weighted by molar-refractivity contribution is -0.00860. The zero-order chi connectivity index (χ0) is 17.7. The summed E-state index contributed by atoms with van der Waals surface area (Å²) in [6, 6.07) is 21.2. The molecule has 4 nitrogen and oxygen atoms in total. The zero-order valence-electron chi connectivity index (χ0n) is 14.8. The molecule has 0 N–H and O–H groups in total. The van der Waals surface area contributed by atoms with Crippen LogP contribution in [0.2, 0.25) is 0 Å². The summed E-state index contributed by atoms with van der Waals surface area (Å²) in [5.41, 5.74) is 2.23. The van der Waals surface area contributed by atoms with Crippen LogP contribution in [-0.4, -0.2) is 28.0 Å². The van der Waals surface area contributed by atoms with Gasteiger partial charge in [0.2, 0.25) is 5.88 Å². The van der Waals surface area contributed by atoms with Gasteiger partial charge in [-0.3, -0.25) is 9.88 Å². The van der Waals surface area contributed by atoms with E-state index in [9.17, 15) is 0 Å². The Bertz CT molecular complexity index is 801. The lowest BCUT2D eigenvalue weighted by Gasteiger charge is -2.42. The number of benzene rings is 2. The van der Waals surface area contributed by atoms with Gasteiger partial charge in [-0.25, -0.2) is 4.98 Å². The maximum Gasteiger partial charge on any atom is 0.233 e.